The molecule has 0 spiro atoms. The molecule has 0 amide bonds. The molecule has 0 saturated heterocycles. The monoisotopic (exact) mass is 262 g/mol. The SMILES string of the molecule is Cc1nnc(C(C)OC(=O)Cc2cccc(O)c2)o1. The molecule has 1 aromatic carbocycles. The zero-order chi connectivity index (χ0) is 13.8. The lowest BCUT2D eigenvalue weighted by Crippen LogP contribution is -2.11. The van der Waals surface area contributed by atoms with E-state index in [1.807, 2.05) is 0 Å². The number of benzene rings is 1. The lowest BCUT2D eigenvalue weighted by atomic mass is 10.1. The fourth-order valence-corrected chi connectivity index (χ4v) is 1.60. The Kier molecular flexibility index (Phi) is 3.79. The van der Waals surface area contributed by atoms with Gasteiger partial charge in [0.05, 0.1) is 6.42 Å². The number of hydrogen-bond acceptors (Lipinski definition) is 6. The van der Waals surface area contributed by atoms with Crippen LogP contribution in [0.2, 0.25) is 0 Å². The zero-order valence-electron chi connectivity index (χ0n) is 10.7. The van der Waals surface area contributed by atoms with Gasteiger partial charge in [-0.2, -0.15) is 0 Å². The van der Waals surface area contributed by atoms with Crippen LogP contribution in [0.15, 0.2) is 28.7 Å². The van der Waals surface area contributed by atoms with E-state index < -0.39 is 12.1 Å². The fraction of sp³-hybridized carbons (Fsp3) is 0.308. The van der Waals surface area contributed by atoms with Crippen molar-refractivity contribution in [3.05, 3.63) is 41.6 Å². The molecule has 2 aromatic rings. The van der Waals surface area contributed by atoms with Gasteiger partial charge < -0.3 is 14.3 Å². The number of esters is 1. The summed E-state index contributed by atoms with van der Waals surface area (Å²) < 4.78 is 10.4. The van der Waals surface area contributed by atoms with E-state index in [-0.39, 0.29) is 18.1 Å². The molecule has 2 rings (SSSR count). The van der Waals surface area contributed by atoms with Gasteiger partial charge in [-0.3, -0.25) is 4.79 Å². The van der Waals surface area contributed by atoms with Crippen molar-refractivity contribution in [1.82, 2.24) is 10.2 Å². The van der Waals surface area contributed by atoms with E-state index in [0.29, 0.717) is 11.5 Å². The normalized spacial score (nSPS) is 12.1. The zero-order valence-corrected chi connectivity index (χ0v) is 10.7. The molecule has 0 aliphatic rings. The number of ether oxygens (including phenoxy) is 1. The largest absolute Gasteiger partial charge is 0.508 e. The van der Waals surface area contributed by atoms with Gasteiger partial charge in [-0.25, -0.2) is 0 Å². The predicted molar refractivity (Wildman–Crippen MR) is 65.4 cm³/mol. The first kappa shape index (κ1) is 13.1. The average Bonchev–Trinajstić information content (AvgIpc) is 2.75. The molecule has 0 fully saturated rings. The number of aromatic hydroxyl groups is 1. The van der Waals surface area contributed by atoms with E-state index in [9.17, 15) is 9.90 Å². The Labute approximate surface area is 110 Å². The van der Waals surface area contributed by atoms with E-state index >= 15 is 0 Å². The average molecular weight is 262 g/mol. The molecule has 1 unspecified atom stereocenters. The summed E-state index contributed by atoms with van der Waals surface area (Å²) in [4.78, 5) is 11.7. The molecule has 6 heteroatoms. The number of nitrogens with zero attached hydrogens (tertiary/aromatic N) is 2. The van der Waals surface area contributed by atoms with Gasteiger partial charge >= 0.3 is 5.97 Å². The molecule has 1 aromatic heterocycles. The molecule has 1 N–H and O–H groups in total. The fourth-order valence-electron chi connectivity index (χ4n) is 1.60. The van der Waals surface area contributed by atoms with Crippen molar-refractivity contribution in [2.75, 3.05) is 0 Å². The van der Waals surface area contributed by atoms with Crippen LogP contribution in [0, 0.1) is 6.92 Å². The number of phenols is 1. The number of carbonyl (C=O) groups is 1. The summed E-state index contributed by atoms with van der Waals surface area (Å²) in [5.41, 5.74) is 0.680. The van der Waals surface area contributed by atoms with Crippen molar-refractivity contribution < 1.29 is 19.1 Å². The lowest BCUT2D eigenvalue weighted by Gasteiger charge is -2.09. The van der Waals surface area contributed by atoms with Gasteiger partial charge in [-0.05, 0) is 24.6 Å². The summed E-state index contributed by atoms with van der Waals surface area (Å²) in [6.45, 7) is 3.32. The summed E-state index contributed by atoms with van der Waals surface area (Å²) in [6.07, 6.45) is -0.516. The van der Waals surface area contributed by atoms with Gasteiger partial charge in [-0.1, -0.05) is 12.1 Å². The second-order valence-electron chi connectivity index (χ2n) is 4.14. The Hall–Kier alpha value is -2.37. The van der Waals surface area contributed by atoms with Crippen molar-refractivity contribution in [1.29, 1.82) is 0 Å². The number of carbonyl (C=O) groups excluding carboxylic acids is 1. The Bertz CT molecular complexity index is 580. The molecule has 1 atom stereocenters. The van der Waals surface area contributed by atoms with Crippen molar-refractivity contribution in [2.45, 2.75) is 26.4 Å². The molecule has 0 bridgehead atoms. The maximum absolute atomic E-state index is 11.7. The van der Waals surface area contributed by atoms with Crippen LogP contribution >= 0.6 is 0 Å². The van der Waals surface area contributed by atoms with Gasteiger partial charge in [0, 0.05) is 6.92 Å². The third kappa shape index (κ3) is 3.54. The highest BCUT2D eigenvalue weighted by Crippen LogP contribution is 2.17. The third-order valence-corrected chi connectivity index (χ3v) is 2.46. The maximum Gasteiger partial charge on any atom is 0.311 e. The molecular weight excluding hydrogens is 248 g/mol. The summed E-state index contributed by atoms with van der Waals surface area (Å²) in [5.74, 6) is 0.382. The Morgan fingerprint density at radius 1 is 1.47 bits per heavy atom. The number of phenolic OH excluding ortho intramolecular Hbond substituents is 1. The molecule has 19 heavy (non-hydrogen) atoms. The van der Waals surface area contributed by atoms with Gasteiger partial charge in [0.15, 0.2) is 6.10 Å². The molecule has 0 aliphatic heterocycles. The van der Waals surface area contributed by atoms with Crippen LogP contribution in [0.4, 0.5) is 0 Å². The van der Waals surface area contributed by atoms with Crippen LogP contribution < -0.4 is 0 Å². The van der Waals surface area contributed by atoms with Gasteiger partial charge in [0.25, 0.3) is 5.89 Å². The van der Waals surface area contributed by atoms with E-state index in [1.165, 1.54) is 6.07 Å². The molecule has 0 radical (unpaired) electrons. The van der Waals surface area contributed by atoms with Crippen LogP contribution in [0.1, 0.15) is 30.4 Å². The smallest absolute Gasteiger partial charge is 0.311 e. The summed E-state index contributed by atoms with van der Waals surface area (Å²) >= 11 is 0. The van der Waals surface area contributed by atoms with Crippen LogP contribution in [-0.4, -0.2) is 21.3 Å². The third-order valence-electron chi connectivity index (χ3n) is 2.46. The lowest BCUT2D eigenvalue weighted by molar-refractivity contribution is -0.148. The van der Waals surface area contributed by atoms with Gasteiger partial charge in [0.1, 0.15) is 5.75 Å². The minimum Gasteiger partial charge on any atom is -0.508 e. The number of rotatable bonds is 4. The molecular formula is C13H14N2O4. The predicted octanol–water partition coefficient (Wildman–Crippen LogP) is 1.93. The second kappa shape index (κ2) is 5.51. The van der Waals surface area contributed by atoms with E-state index in [2.05, 4.69) is 10.2 Å². The van der Waals surface area contributed by atoms with Crippen LogP contribution in [0.3, 0.4) is 0 Å². The van der Waals surface area contributed by atoms with Crippen molar-refractivity contribution >= 4 is 5.97 Å². The minimum absolute atomic E-state index is 0.0753. The highest BCUT2D eigenvalue weighted by molar-refractivity contribution is 5.72. The summed E-state index contributed by atoms with van der Waals surface area (Å²) in [6, 6.07) is 6.46. The Morgan fingerprint density at radius 3 is 2.89 bits per heavy atom. The van der Waals surface area contributed by atoms with Crippen LogP contribution in [0.25, 0.3) is 0 Å². The van der Waals surface area contributed by atoms with Crippen molar-refractivity contribution in [3.63, 3.8) is 0 Å². The van der Waals surface area contributed by atoms with Gasteiger partial charge in [-0.15, -0.1) is 10.2 Å². The standard InChI is InChI=1S/C13H14N2O4/c1-8(13-15-14-9(2)19-13)18-12(17)7-10-4-3-5-11(16)6-10/h3-6,8,16H,7H2,1-2H3. The Morgan fingerprint density at radius 2 is 2.26 bits per heavy atom. The number of aromatic nitrogens is 2. The van der Waals surface area contributed by atoms with E-state index in [0.717, 1.165) is 0 Å². The first-order valence-electron chi connectivity index (χ1n) is 5.82. The van der Waals surface area contributed by atoms with Gasteiger partial charge in [0.2, 0.25) is 5.89 Å². The highest BCUT2D eigenvalue weighted by atomic mass is 16.6. The van der Waals surface area contributed by atoms with Crippen molar-refractivity contribution in [2.24, 2.45) is 0 Å². The maximum atomic E-state index is 11.7. The van der Waals surface area contributed by atoms with Crippen molar-refractivity contribution in [3.8, 4) is 5.75 Å². The van der Waals surface area contributed by atoms with Crippen LogP contribution in [0.5, 0.6) is 5.75 Å². The second-order valence-corrected chi connectivity index (χ2v) is 4.14. The number of hydrogen-bond donors (Lipinski definition) is 1. The number of aryl methyl sites for hydroxylation is 1. The molecule has 6 nitrogen and oxygen atoms in total. The molecule has 100 valence electrons. The molecule has 0 aliphatic carbocycles. The quantitative estimate of drug-likeness (QED) is 0.847. The minimum atomic E-state index is -0.592. The first-order valence-corrected chi connectivity index (χ1v) is 5.82. The summed E-state index contributed by atoms with van der Waals surface area (Å²) in [7, 11) is 0. The first-order chi connectivity index (χ1) is 9.04. The highest BCUT2D eigenvalue weighted by Gasteiger charge is 2.17. The Balaban J connectivity index is 1.94. The summed E-state index contributed by atoms with van der Waals surface area (Å²) in [5, 5.41) is 16.8. The topological polar surface area (TPSA) is 85.5 Å². The van der Waals surface area contributed by atoms with E-state index in [1.54, 1.807) is 32.0 Å². The molecule has 1 heterocycles. The van der Waals surface area contributed by atoms with E-state index in [4.69, 9.17) is 9.15 Å². The molecule has 0 saturated carbocycles. The van der Waals surface area contributed by atoms with Crippen LogP contribution in [-0.2, 0) is 16.0 Å².